The van der Waals surface area contributed by atoms with Gasteiger partial charge < -0.3 is 4.90 Å². The summed E-state index contributed by atoms with van der Waals surface area (Å²) < 4.78 is 2.32. The number of rotatable bonds is 4. The molecule has 9 heteroatoms. The fraction of sp³-hybridized carbons (Fsp3) is 0.438. The van der Waals surface area contributed by atoms with Crippen LogP contribution in [0.1, 0.15) is 72.8 Å². The van der Waals surface area contributed by atoms with Crippen molar-refractivity contribution in [2.75, 3.05) is 0 Å². The molecule has 3 aromatic rings. The minimum atomic E-state index is -0.583. The van der Waals surface area contributed by atoms with Crippen molar-refractivity contribution < 1.29 is 19.2 Å². The van der Waals surface area contributed by atoms with Gasteiger partial charge in [-0.2, -0.15) is 5.10 Å². The minimum absolute atomic E-state index is 0.0405. The summed E-state index contributed by atoms with van der Waals surface area (Å²) in [6, 6.07) is 8.90. The van der Waals surface area contributed by atoms with E-state index in [-0.39, 0.29) is 47.7 Å². The highest BCUT2D eigenvalue weighted by molar-refractivity contribution is 9.10. The van der Waals surface area contributed by atoms with Crippen molar-refractivity contribution in [3.63, 3.8) is 0 Å². The number of hydrogen-bond acceptors (Lipinski definition) is 6. The second-order valence-electron chi connectivity index (χ2n) is 11.8. The van der Waals surface area contributed by atoms with Gasteiger partial charge in [-0.25, -0.2) is 4.98 Å². The number of halogens is 1. The second kappa shape index (κ2) is 10.7. The Kier molecular flexibility index (Phi) is 7.26. The normalized spacial score (nSPS) is 25.3. The maximum absolute atomic E-state index is 14.1. The Hall–Kier alpha value is -3.46. The number of hydrogen-bond donors (Lipinski definition) is 0. The second-order valence-corrected chi connectivity index (χ2v) is 12.6. The molecule has 3 atom stereocenters. The zero-order chi connectivity index (χ0) is 28.9. The molecule has 2 aromatic heterocycles. The highest BCUT2D eigenvalue weighted by atomic mass is 79.9. The first-order valence-electron chi connectivity index (χ1n) is 14.3. The Bertz CT molecular complexity index is 1630. The molecule has 0 N–H and O–H groups in total. The Morgan fingerprint density at radius 2 is 1.93 bits per heavy atom. The molecule has 1 saturated carbocycles. The standard InChI is InChI=1S/C32H33BrN4O4/c1-19-11-12-28(33)34-24(19)15-26(40)25-16-32-14-13-22(39)9-5-3-4-7-21-8-6-10-23-30(20(2)38)35-36(31(21)23)18-29(41)37(25)27(32)17-32/h3,5-6,8,10-12,25,27H,4,7,9,13-18H2,1-2H3/b5-3+/t25-,27+,32-/m0/s1. The van der Waals surface area contributed by atoms with E-state index in [1.54, 1.807) is 9.58 Å². The van der Waals surface area contributed by atoms with Crippen LogP contribution in [0.5, 0.6) is 0 Å². The van der Waals surface area contributed by atoms with E-state index in [1.165, 1.54) is 6.92 Å². The number of nitrogens with zero attached hydrogens (tertiary/aromatic N) is 4. The van der Waals surface area contributed by atoms with Crippen molar-refractivity contribution in [3.8, 4) is 0 Å². The van der Waals surface area contributed by atoms with Gasteiger partial charge in [-0.05, 0) is 77.6 Å². The summed E-state index contributed by atoms with van der Waals surface area (Å²) >= 11 is 3.40. The summed E-state index contributed by atoms with van der Waals surface area (Å²) in [5.41, 5.74) is 3.52. The Morgan fingerprint density at radius 3 is 2.73 bits per heavy atom. The van der Waals surface area contributed by atoms with Gasteiger partial charge in [0.1, 0.15) is 22.6 Å². The smallest absolute Gasteiger partial charge is 0.245 e. The number of aromatic nitrogens is 3. The van der Waals surface area contributed by atoms with E-state index in [0.29, 0.717) is 48.1 Å². The molecular weight excluding hydrogens is 584 g/mol. The van der Waals surface area contributed by atoms with Gasteiger partial charge in [0.15, 0.2) is 11.6 Å². The van der Waals surface area contributed by atoms with Gasteiger partial charge >= 0.3 is 0 Å². The van der Waals surface area contributed by atoms with Gasteiger partial charge in [0, 0.05) is 31.2 Å². The summed E-state index contributed by atoms with van der Waals surface area (Å²) in [4.78, 5) is 59.5. The molecule has 6 rings (SSSR count). The third kappa shape index (κ3) is 5.20. The number of amides is 1. The lowest BCUT2D eigenvalue weighted by molar-refractivity contribution is -0.139. The predicted octanol–water partition coefficient (Wildman–Crippen LogP) is 5.12. The number of benzene rings is 1. The summed E-state index contributed by atoms with van der Waals surface area (Å²) in [5, 5.41) is 5.35. The largest absolute Gasteiger partial charge is 0.327 e. The highest BCUT2D eigenvalue weighted by Crippen LogP contribution is 2.62. The number of pyridine rings is 1. The van der Waals surface area contributed by atoms with Crippen molar-refractivity contribution in [3.05, 3.63) is 69.6 Å². The van der Waals surface area contributed by atoms with Crippen molar-refractivity contribution in [1.29, 1.82) is 0 Å². The van der Waals surface area contributed by atoms with Crippen LogP contribution in [-0.2, 0) is 33.8 Å². The van der Waals surface area contributed by atoms with Crippen LogP contribution in [0.25, 0.3) is 10.9 Å². The predicted molar refractivity (Wildman–Crippen MR) is 158 cm³/mol. The van der Waals surface area contributed by atoms with Gasteiger partial charge in [0.25, 0.3) is 0 Å². The number of Topliss-reactive ketones (excluding diaryl/α,β-unsaturated/α-hetero) is 3. The lowest BCUT2D eigenvalue weighted by atomic mass is 9.90. The van der Waals surface area contributed by atoms with E-state index in [4.69, 9.17) is 0 Å². The number of para-hydroxylation sites is 1. The molecule has 0 radical (unpaired) electrons. The summed E-state index contributed by atoms with van der Waals surface area (Å²) in [6.07, 6.45) is 8.39. The molecule has 41 heavy (non-hydrogen) atoms. The van der Waals surface area contributed by atoms with Crippen LogP contribution >= 0.6 is 15.9 Å². The van der Waals surface area contributed by atoms with Gasteiger partial charge in [-0.15, -0.1) is 0 Å². The first-order chi connectivity index (χ1) is 19.7. The van der Waals surface area contributed by atoms with E-state index in [9.17, 15) is 19.2 Å². The van der Waals surface area contributed by atoms with Crippen LogP contribution < -0.4 is 0 Å². The molecule has 0 unspecified atom stereocenters. The number of carbonyl (C=O) groups excluding carboxylic acids is 4. The molecule has 4 heterocycles. The molecule has 2 bridgehead atoms. The molecule has 3 aliphatic rings. The van der Waals surface area contributed by atoms with Crippen molar-refractivity contribution >= 4 is 50.1 Å². The monoisotopic (exact) mass is 616 g/mol. The Morgan fingerprint density at radius 1 is 1.10 bits per heavy atom. The maximum Gasteiger partial charge on any atom is 0.245 e. The van der Waals surface area contributed by atoms with Crippen LogP contribution in [0.2, 0.25) is 0 Å². The van der Waals surface area contributed by atoms with Crippen LogP contribution in [0.4, 0.5) is 0 Å². The Balaban J connectivity index is 1.38. The lowest BCUT2D eigenvalue weighted by Gasteiger charge is -2.27. The third-order valence-electron chi connectivity index (χ3n) is 9.05. The summed E-state index contributed by atoms with van der Waals surface area (Å²) in [6.45, 7) is 3.36. The maximum atomic E-state index is 14.1. The van der Waals surface area contributed by atoms with Crippen LogP contribution in [0.3, 0.4) is 0 Å². The highest BCUT2D eigenvalue weighted by Gasteiger charge is 2.66. The molecule has 2 fully saturated rings. The number of allylic oxidation sites excluding steroid dienone is 2. The molecule has 1 saturated heterocycles. The first-order valence-corrected chi connectivity index (χ1v) is 15.1. The first kappa shape index (κ1) is 27.7. The van der Waals surface area contributed by atoms with Gasteiger partial charge in [0.2, 0.25) is 5.91 Å². The molecular formula is C32H33BrN4O4. The topological polar surface area (TPSA) is 102 Å². The van der Waals surface area contributed by atoms with Crippen molar-refractivity contribution in [2.24, 2.45) is 5.41 Å². The average Bonchev–Trinajstić information content (AvgIpc) is 3.34. The average molecular weight is 618 g/mol. The number of piperidine rings is 1. The van der Waals surface area contributed by atoms with Crippen molar-refractivity contribution in [1.82, 2.24) is 19.7 Å². The molecule has 2 aliphatic heterocycles. The zero-order valence-electron chi connectivity index (χ0n) is 23.4. The summed E-state index contributed by atoms with van der Waals surface area (Å²) in [5.74, 6) is -0.197. The van der Waals surface area contributed by atoms with Gasteiger partial charge in [-0.1, -0.05) is 36.4 Å². The fourth-order valence-corrected chi connectivity index (χ4v) is 7.14. The number of ketones is 3. The fourth-order valence-electron chi connectivity index (χ4n) is 6.79. The molecule has 1 aromatic carbocycles. The van der Waals surface area contributed by atoms with E-state index < -0.39 is 6.04 Å². The lowest BCUT2D eigenvalue weighted by Crippen LogP contribution is -2.45. The van der Waals surface area contributed by atoms with E-state index in [0.717, 1.165) is 34.9 Å². The molecule has 0 spiro atoms. The zero-order valence-corrected chi connectivity index (χ0v) is 24.9. The van der Waals surface area contributed by atoms with Gasteiger partial charge in [0.05, 0.1) is 23.7 Å². The van der Waals surface area contributed by atoms with E-state index in [2.05, 4.69) is 26.0 Å². The number of aryl methyl sites for hydroxylation is 2. The molecule has 212 valence electrons. The molecule has 1 amide bonds. The van der Waals surface area contributed by atoms with E-state index >= 15 is 0 Å². The van der Waals surface area contributed by atoms with Crippen molar-refractivity contribution in [2.45, 2.75) is 83.8 Å². The van der Waals surface area contributed by atoms with E-state index in [1.807, 2.05) is 49.4 Å². The molecule has 8 nitrogen and oxygen atoms in total. The van der Waals surface area contributed by atoms with Crippen LogP contribution in [0, 0.1) is 12.3 Å². The SMILES string of the molecule is CC(=O)c1nn2c3c(cccc13)CC/C=C/CC(=O)CC[C@@]13C[C@@H](C(=O)Cc4nc(Br)ccc4C)N(C(=O)C2)[C@@H]1C3. The van der Waals surface area contributed by atoms with Gasteiger partial charge in [-0.3, -0.25) is 23.9 Å². The van der Waals surface area contributed by atoms with Crippen LogP contribution in [-0.4, -0.2) is 55.0 Å². The summed E-state index contributed by atoms with van der Waals surface area (Å²) in [7, 11) is 0. The minimum Gasteiger partial charge on any atom is -0.327 e. The van der Waals surface area contributed by atoms with Crippen LogP contribution in [0.15, 0.2) is 47.1 Å². The Labute approximate surface area is 247 Å². The molecule has 1 aliphatic carbocycles. The number of carbonyl (C=O) groups is 4. The third-order valence-corrected chi connectivity index (χ3v) is 9.50. The quantitative estimate of drug-likeness (QED) is 0.229.